The van der Waals surface area contributed by atoms with Crippen LogP contribution in [0, 0.1) is 5.92 Å². The predicted octanol–water partition coefficient (Wildman–Crippen LogP) is 3.96. The highest BCUT2D eigenvalue weighted by Crippen LogP contribution is 2.36. The van der Waals surface area contributed by atoms with Crippen LogP contribution in [0.2, 0.25) is 0 Å². The molecule has 208 valence electrons. The molecule has 9 heteroatoms. The summed E-state index contributed by atoms with van der Waals surface area (Å²) < 4.78 is 40.1. The number of hydrogen-bond donors (Lipinski definition) is 0. The van der Waals surface area contributed by atoms with Gasteiger partial charge in [0.05, 0.1) is 31.6 Å². The highest BCUT2D eigenvalue weighted by molar-refractivity contribution is 7.89. The molecule has 1 amide bonds. The zero-order chi connectivity index (χ0) is 27.3. The maximum atomic E-state index is 13.8. The van der Waals surface area contributed by atoms with Gasteiger partial charge in [0.1, 0.15) is 0 Å². The maximum absolute atomic E-state index is 13.8. The van der Waals surface area contributed by atoms with Gasteiger partial charge in [-0.05, 0) is 61.9 Å². The van der Waals surface area contributed by atoms with E-state index in [-0.39, 0.29) is 23.3 Å². The third kappa shape index (κ3) is 6.33. The van der Waals surface area contributed by atoms with E-state index in [0.717, 1.165) is 38.0 Å². The number of hydrogen-bond acceptors (Lipinski definition) is 6. The Labute approximate surface area is 227 Å². The van der Waals surface area contributed by atoms with E-state index >= 15 is 0 Å². The van der Waals surface area contributed by atoms with Gasteiger partial charge in [0.25, 0.3) is 0 Å². The van der Waals surface area contributed by atoms with Crippen LogP contribution < -0.4 is 9.47 Å². The van der Waals surface area contributed by atoms with Crippen LogP contribution in [-0.4, -0.2) is 82.4 Å². The minimum absolute atomic E-state index is 0.0566. The third-order valence-corrected chi connectivity index (χ3v) is 9.92. The maximum Gasteiger partial charge on any atom is 0.243 e. The highest BCUT2D eigenvalue weighted by atomic mass is 32.2. The largest absolute Gasteiger partial charge is 0.493 e. The summed E-state index contributed by atoms with van der Waals surface area (Å²) in [5.41, 5.74) is 1.49. The molecule has 0 unspecified atom stereocenters. The number of amides is 1. The van der Waals surface area contributed by atoms with E-state index in [4.69, 9.17) is 9.47 Å². The SMILES string of the molecule is COc1cc(CC(=O)N(C)[C@H](CN2CCCC2)c2ccccc2)c(S(=O)(=O)N2CCC(C)CC2)cc1OC. The quantitative estimate of drug-likeness (QED) is 0.451. The van der Waals surface area contributed by atoms with Gasteiger partial charge >= 0.3 is 0 Å². The Balaban J connectivity index is 1.65. The van der Waals surface area contributed by atoms with Gasteiger partial charge in [-0.2, -0.15) is 4.31 Å². The molecule has 0 saturated carbocycles. The van der Waals surface area contributed by atoms with E-state index in [1.54, 1.807) is 11.0 Å². The minimum atomic E-state index is -3.82. The van der Waals surface area contributed by atoms with Gasteiger partial charge in [-0.3, -0.25) is 4.79 Å². The highest BCUT2D eigenvalue weighted by Gasteiger charge is 2.33. The molecule has 2 aromatic rings. The second kappa shape index (κ2) is 12.5. The van der Waals surface area contributed by atoms with Crippen LogP contribution in [0.1, 0.15) is 49.8 Å². The summed E-state index contributed by atoms with van der Waals surface area (Å²) in [6.07, 6.45) is 3.92. The Morgan fingerprint density at radius 1 is 1.00 bits per heavy atom. The summed E-state index contributed by atoms with van der Waals surface area (Å²) in [6, 6.07) is 13.1. The number of ether oxygens (including phenoxy) is 2. The molecule has 0 aromatic heterocycles. The van der Waals surface area contributed by atoms with Gasteiger partial charge in [-0.25, -0.2) is 8.42 Å². The van der Waals surface area contributed by atoms with Crippen molar-refractivity contribution < 1.29 is 22.7 Å². The van der Waals surface area contributed by atoms with E-state index in [0.29, 0.717) is 36.1 Å². The zero-order valence-corrected chi connectivity index (χ0v) is 23.9. The van der Waals surface area contributed by atoms with Crippen molar-refractivity contribution in [3.63, 3.8) is 0 Å². The van der Waals surface area contributed by atoms with Crippen molar-refractivity contribution in [3.05, 3.63) is 53.6 Å². The predicted molar refractivity (Wildman–Crippen MR) is 148 cm³/mol. The molecule has 0 N–H and O–H groups in total. The van der Waals surface area contributed by atoms with Crippen molar-refractivity contribution in [2.24, 2.45) is 5.92 Å². The Morgan fingerprint density at radius 2 is 1.61 bits per heavy atom. The van der Waals surface area contributed by atoms with Crippen molar-refractivity contribution in [2.75, 3.05) is 54.0 Å². The molecule has 2 fully saturated rings. The van der Waals surface area contributed by atoms with Gasteiger partial charge in [-0.15, -0.1) is 0 Å². The van der Waals surface area contributed by atoms with E-state index in [9.17, 15) is 13.2 Å². The van der Waals surface area contributed by atoms with Crippen molar-refractivity contribution in [3.8, 4) is 11.5 Å². The summed E-state index contributed by atoms with van der Waals surface area (Å²) in [7, 11) is 0.995. The van der Waals surface area contributed by atoms with Crippen molar-refractivity contribution in [1.29, 1.82) is 0 Å². The molecule has 2 aromatic carbocycles. The first-order chi connectivity index (χ1) is 18.2. The standard InChI is InChI=1S/C29H41N3O5S/c1-22-12-16-32(17-13-22)38(34,35)28-20-27(37-4)26(36-3)18-24(28)19-29(33)30(2)25(21-31-14-8-9-15-31)23-10-6-5-7-11-23/h5-7,10-11,18,20,22,25H,8-9,12-17,19,21H2,1-4H3/t25-/m1/s1. The molecular weight excluding hydrogens is 502 g/mol. The number of carbonyl (C=O) groups is 1. The van der Waals surface area contributed by atoms with Crippen molar-refractivity contribution in [1.82, 2.24) is 14.1 Å². The lowest BCUT2D eigenvalue weighted by Crippen LogP contribution is -2.40. The zero-order valence-electron chi connectivity index (χ0n) is 23.1. The molecule has 2 aliphatic heterocycles. The molecule has 0 aliphatic carbocycles. The number of piperidine rings is 1. The van der Waals surface area contributed by atoms with Crippen LogP contribution in [0.5, 0.6) is 11.5 Å². The van der Waals surface area contributed by atoms with Crippen molar-refractivity contribution >= 4 is 15.9 Å². The van der Waals surface area contributed by atoms with E-state index < -0.39 is 10.0 Å². The Morgan fingerprint density at radius 3 is 2.21 bits per heavy atom. The number of methoxy groups -OCH3 is 2. The second-order valence-electron chi connectivity index (χ2n) is 10.5. The third-order valence-electron chi connectivity index (χ3n) is 7.94. The molecule has 0 radical (unpaired) electrons. The fraction of sp³-hybridized carbons (Fsp3) is 0.552. The molecule has 4 rings (SSSR count). The number of carbonyl (C=O) groups excluding carboxylic acids is 1. The number of likely N-dealkylation sites (N-methyl/N-ethyl adjacent to an activating group) is 1. The topological polar surface area (TPSA) is 79.4 Å². The lowest BCUT2D eigenvalue weighted by atomic mass is 10.0. The number of rotatable bonds is 10. The first-order valence-electron chi connectivity index (χ1n) is 13.5. The smallest absolute Gasteiger partial charge is 0.243 e. The molecule has 0 bridgehead atoms. The molecule has 0 spiro atoms. The number of nitrogens with zero attached hydrogens (tertiary/aromatic N) is 3. The van der Waals surface area contributed by atoms with Gasteiger partial charge in [0.15, 0.2) is 11.5 Å². The summed E-state index contributed by atoms with van der Waals surface area (Å²) in [5, 5.41) is 0. The normalized spacial score (nSPS) is 18.3. The van der Waals surface area contributed by atoms with Gasteiger partial charge in [0.2, 0.25) is 15.9 Å². The second-order valence-corrected chi connectivity index (χ2v) is 12.4. The fourth-order valence-corrected chi connectivity index (χ4v) is 7.13. The molecule has 2 aliphatic rings. The molecule has 2 heterocycles. The van der Waals surface area contributed by atoms with E-state index in [1.807, 2.05) is 37.4 Å². The van der Waals surface area contributed by atoms with Gasteiger partial charge < -0.3 is 19.3 Å². The van der Waals surface area contributed by atoms with Gasteiger partial charge in [0, 0.05) is 32.7 Å². The minimum Gasteiger partial charge on any atom is -0.493 e. The molecule has 2 saturated heterocycles. The number of benzene rings is 2. The van der Waals surface area contributed by atoms with Crippen LogP contribution in [0.4, 0.5) is 0 Å². The first-order valence-corrected chi connectivity index (χ1v) is 15.0. The molecule has 38 heavy (non-hydrogen) atoms. The lowest BCUT2D eigenvalue weighted by molar-refractivity contribution is -0.131. The van der Waals surface area contributed by atoms with Crippen molar-refractivity contribution in [2.45, 2.75) is 50.0 Å². The molecular formula is C29H41N3O5S. The van der Waals surface area contributed by atoms with Gasteiger partial charge in [-0.1, -0.05) is 37.3 Å². The number of sulfonamides is 1. The average molecular weight is 544 g/mol. The summed E-state index contributed by atoms with van der Waals surface area (Å²) in [6.45, 7) is 5.88. The lowest BCUT2D eigenvalue weighted by Gasteiger charge is -2.33. The molecule has 8 nitrogen and oxygen atoms in total. The Bertz CT molecular complexity index is 1190. The van der Waals surface area contributed by atoms with Crippen LogP contribution in [0.15, 0.2) is 47.4 Å². The fourth-order valence-electron chi connectivity index (χ4n) is 5.44. The van der Waals surface area contributed by atoms with Crippen LogP contribution >= 0.6 is 0 Å². The Kier molecular flexibility index (Phi) is 9.33. The molecule has 1 atom stereocenters. The average Bonchev–Trinajstić information content (AvgIpc) is 3.45. The van der Waals surface area contributed by atoms with Crippen LogP contribution in [0.25, 0.3) is 0 Å². The summed E-state index contributed by atoms with van der Waals surface area (Å²) >= 11 is 0. The van der Waals surface area contributed by atoms with E-state index in [2.05, 4.69) is 11.8 Å². The van der Waals surface area contributed by atoms with E-state index in [1.165, 1.54) is 37.4 Å². The summed E-state index contributed by atoms with van der Waals surface area (Å²) in [4.78, 5) is 18.1. The van der Waals surface area contributed by atoms with Crippen LogP contribution in [-0.2, 0) is 21.2 Å². The number of likely N-dealkylation sites (tertiary alicyclic amines) is 1. The van der Waals surface area contributed by atoms with Crippen LogP contribution in [0.3, 0.4) is 0 Å². The first kappa shape index (κ1) is 28.4. The summed E-state index contributed by atoms with van der Waals surface area (Å²) in [5.74, 6) is 1.08. The Hall–Kier alpha value is -2.62. The monoisotopic (exact) mass is 543 g/mol.